The number of hydrogen-bond donors (Lipinski definition) is 1. The highest BCUT2D eigenvalue weighted by Crippen LogP contribution is 2.24. The van der Waals surface area contributed by atoms with E-state index in [1.165, 1.54) is 17.8 Å². The van der Waals surface area contributed by atoms with Gasteiger partial charge in [-0.15, -0.1) is 11.8 Å². The number of nitrogens with zero attached hydrogens (tertiary/aromatic N) is 1. The standard InChI is InChI=1S/C24H30ClFN2O2S/c1-17(2)14-27-24(30)18(3)28(13-12-19-8-5-4-6-9-19)23(29)16-31-15-20-21(25)10-7-11-22(20)26/h4-11,17-18H,12-16H2,1-3H3,(H,27,30). The van der Waals surface area contributed by atoms with Crippen molar-refractivity contribution in [3.63, 3.8) is 0 Å². The summed E-state index contributed by atoms with van der Waals surface area (Å²) in [5, 5.41) is 3.25. The van der Waals surface area contributed by atoms with Gasteiger partial charge in [-0.2, -0.15) is 0 Å². The molecule has 168 valence electrons. The van der Waals surface area contributed by atoms with Gasteiger partial charge in [0.25, 0.3) is 0 Å². The van der Waals surface area contributed by atoms with Crippen LogP contribution in [0.5, 0.6) is 0 Å². The molecule has 31 heavy (non-hydrogen) atoms. The van der Waals surface area contributed by atoms with Crippen LogP contribution in [0.2, 0.25) is 5.02 Å². The second-order valence-corrected chi connectivity index (χ2v) is 9.22. The van der Waals surface area contributed by atoms with Crippen LogP contribution < -0.4 is 5.32 Å². The molecule has 1 N–H and O–H groups in total. The Morgan fingerprint density at radius 1 is 1.10 bits per heavy atom. The molecule has 1 unspecified atom stereocenters. The van der Waals surface area contributed by atoms with Crippen molar-refractivity contribution in [2.24, 2.45) is 5.92 Å². The number of thioether (sulfide) groups is 1. The van der Waals surface area contributed by atoms with Crippen LogP contribution in [0.25, 0.3) is 0 Å². The number of amides is 2. The molecule has 0 aliphatic heterocycles. The maximum Gasteiger partial charge on any atom is 0.242 e. The van der Waals surface area contributed by atoms with E-state index in [0.717, 1.165) is 5.56 Å². The van der Waals surface area contributed by atoms with Crippen LogP contribution >= 0.6 is 23.4 Å². The fourth-order valence-corrected chi connectivity index (χ4v) is 4.27. The lowest BCUT2D eigenvalue weighted by atomic mass is 10.1. The Hall–Kier alpha value is -2.05. The monoisotopic (exact) mass is 464 g/mol. The molecule has 0 aliphatic rings. The molecule has 2 aromatic carbocycles. The van der Waals surface area contributed by atoms with Gasteiger partial charge in [0.05, 0.1) is 5.75 Å². The molecule has 2 rings (SSSR count). The molecule has 0 aliphatic carbocycles. The smallest absolute Gasteiger partial charge is 0.242 e. The molecule has 4 nitrogen and oxygen atoms in total. The van der Waals surface area contributed by atoms with Gasteiger partial charge in [-0.05, 0) is 37.0 Å². The SMILES string of the molecule is CC(C)CNC(=O)C(C)N(CCc1ccccc1)C(=O)CSCc1c(F)cccc1Cl. The summed E-state index contributed by atoms with van der Waals surface area (Å²) in [5.74, 6) is 0.0530. The van der Waals surface area contributed by atoms with Crippen LogP contribution in [0.3, 0.4) is 0 Å². The number of carbonyl (C=O) groups is 2. The zero-order valence-electron chi connectivity index (χ0n) is 18.2. The van der Waals surface area contributed by atoms with E-state index in [4.69, 9.17) is 11.6 Å². The Kier molecular flexibility index (Phi) is 10.3. The summed E-state index contributed by atoms with van der Waals surface area (Å²) in [6, 6.07) is 13.8. The average Bonchev–Trinajstić information content (AvgIpc) is 2.74. The summed E-state index contributed by atoms with van der Waals surface area (Å²) in [6.07, 6.45) is 0.651. The highest BCUT2D eigenvalue weighted by atomic mass is 35.5. The van der Waals surface area contributed by atoms with E-state index >= 15 is 0 Å². The normalized spacial score (nSPS) is 11.9. The van der Waals surface area contributed by atoms with Crippen molar-refractivity contribution in [1.82, 2.24) is 10.2 Å². The van der Waals surface area contributed by atoms with Gasteiger partial charge in [0, 0.05) is 29.4 Å². The fourth-order valence-electron chi connectivity index (χ4n) is 3.02. The topological polar surface area (TPSA) is 49.4 Å². The molecule has 0 saturated carbocycles. The Morgan fingerprint density at radius 3 is 2.45 bits per heavy atom. The van der Waals surface area contributed by atoms with Crippen molar-refractivity contribution < 1.29 is 14.0 Å². The summed E-state index contributed by atoms with van der Waals surface area (Å²) in [4.78, 5) is 27.2. The molecule has 0 saturated heterocycles. The third-order valence-electron chi connectivity index (χ3n) is 4.87. The second kappa shape index (κ2) is 12.7. The second-order valence-electron chi connectivity index (χ2n) is 7.83. The van der Waals surface area contributed by atoms with Crippen LogP contribution in [0.15, 0.2) is 48.5 Å². The van der Waals surface area contributed by atoms with E-state index in [0.29, 0.717) is 36.0 Å². The van der Waals surface area contributed by atoms with Gasteiger partial charge >= 0.3 is 0 Å². The third kappa shape index (κ3) is 8.19. The lowest BCUT2D eigenvalue weighted by Gasteiger charge is -2.29. The van der Waals surface area contributed by atoms with Gasteiger partial charge in [0.1, 0.15) is 11.9 Å². The van der Waals surface area contributed by atoms with Crippen LogP contribution in [0.4, 0.5) is 4.39 Å². The highest BCUT2D eigenvalue weighted by Gasteiger charge is 2.25. The first-order valence-corrected chi connectivity index (χ1v) is 11.9. The van der Waals surface area contributed by atoms with Crippen molar-refractivity contribution in [3.05, 3.63) is 70.5 Å². The van der Waals surface area contributed by atoms with Crippen molar-refractivity contribution in [2.45, 2.75) is 39.0 Å². The molecule has 1 atom stereocenters. The van der Waals surface area contributed by atoms with E-state index in [1.807, 2.05) is 44.2 Å². The summed E-state index contributed by atoms with van der Waals surface area (Å²) < 4.78 is 14.0. The molecule has 0 fully saturated rings. The Balaban J connectivity index is 2.02. The van der Waals surface area contributed by atoms with Crippen molar-refractivity contribution in [2.75, 3.05) is 18.8 Å². The quantitative estimate of drug-likeness (QED) is 0.512. The Bertz CT molecular complexity index is 844. The van der Waals surface area contributed by atoms with E-state index in [1.54, 1.807) is 24.0 Å². The van der Waals surface area contributed by atoms with Gasteiger partial charge in [0.2, 0.25) is 11.8 Å². The highest BCUT2D eigenvalue weighted by molar-refractivity contribution is 7.99. The van der Waals surface area contributed by atoms with E-state index in [9.17, 15) is 14.0 Å². The maximum absolute atomic E-state index is 14.0. The predicted octanol–water partition coefficient (Wildman–Crippen LogP) is 4.94. The van der Waals surface area contributed by atoms with E-state index in [2.05, 4.69) is 5.32 Å². The molecule has 0 radical (unpaired) electrons. The van der Waals surface area contributed by atoms with Gasteiger partial charge in [-0.25, -0.2) is 4.39 Å². The molecule has 0 bridgehead atoms. The predicted molar refractivity (Wildman–Crippen MR) is 127 cm³/mol. The van der Waals surface area contributed by atoms with E-state index < -0.39 is 6.04 Å². The minimum absolute atomic E-state index is 0.140. The van der Waals surface area contributed by atoms with Gasteiger partial charge in [0.15, 0.2) is 0 Å². The maximum atomic E-state index is 14.0. The third-order valence-corrected chi connectivity index (χ3v) is 6.17. The minimum Gasteiger partial charge on any atom is -0.354 e. The van der Waals surface area contributed by atoms with Gasteiger partial charge < -0.3 is 10.2 Å². The first-order valence-electron chi connectivity index (χ1n) is 10.4. The summed E-state index contributed by atoms with van der Waals surface area (Å²) in [7, 11) is 0. The number of carbonyl (C=O) groups excluding carboxylic acids is 2. The summed E-state index contributed by atoms with van der Waals surface area (Å²) in [6.45, 7) is 6.78. The molecular weight excluding hydrogens is 435 g/mol. The zero-order chi connectivity index (χ0) is 22.8. The van der Waals surface area contributed by atoms with Crippen LogP contribution in [0.1, 0.15) is 31.9 Å². The largest absolute Gasteiger partial charge is 0.354 e. The number of halogens is 2. The molecule has 2 amide bonds. The molecule has 7 heteroatoms. The first kappa shape index (κ1) is 25.2. The molecular formula is C24H30ClFN2O2S. The molecule has 0 aromatic heterocycles. The van der Waals surface area contributed by atoms with Crippen LogP contribution in [-0.4, -0.2) is 41.6 Å². The summed E-state index contributed by atoms with van der Waals surface area (Å²) in [5.41, 5.74) is 1.49. The van der Waals surface area contributed by atoms with Crippen LogP contribution in [-0.2, 0) is 21.8 Å². The number of benzene rings is 2. The van der Waals surface area contributed by atoms with Crippen molar-refractivity contribution in [1.29, 1.82) is 0 Å². The van der Waals surface area contributed by atoms with Gasteiger partial charge in [-0.3, -0.25) is 9.59 Å². The number of hydrogen-bond acceptors (Lipinski definition) is 3. The zero-order valence-corrected chi connectivity index (χ0v) is 19.8. The number of nitrogens with one attached hydrogen (secondary N) is 1. The lowest BCUT2D eigenvalue weighted by molar-refractivity contribution is -0.138. The average molecular weight is 465 g/mol. The number of rotatable bonds is 11. The molecule has 0 heterocycles. The Labute approximate surface area is 193 Å². The van der Waals surface area contributed by atoms with Crippen LogP contribution in [0, 0.1) is 11.7 Å². The van der Waals surface area contributed by atoms with Gasteiger partial charge in [-0.1, -0.05) is 61.8 Å². The van der Waals surface area contributed by atoms with Crippen molar-refractivity contribution >= 4 is 35.2 Å². The first-order chi connectivity index (χ1) is 14.8. The lowest BCUT2D eigenvalue weighted by Crippen LogP contribution is -2.50. The fraction of sp³-hybridized carbons (Fsp3) is 0.417. The Morgan fingerprint density at radius 2 is 1.81 bits per heavy atom. The van der Waals surface area contributed by atoms with E-state index in [-0.39, 0.29) is 29.1 Å². The minimum atomic E-state index is -0.590. The molecule has 2 aromatic rings. The molecule has 0 spiro atoms. The van der Waals surface area contributed by atoms with Crippen molar-refractivity contribution in [3.8, 4) is 0 Å². The summed E-state index contributed by atoms with van der Waals surface area (Å²) >= 11 is 7.37.